The van der Waals surface area contributed by atoms with Crippen LogP contribution in [-0.4, -0.2) is 32.3 Å². The van der Waals surface area contributed by atoms with Gasteiger partial charge in [-0.3, -0.25) is 0 Å². The first-order chi connectivity index (χ1) is 12.0. The third-order valence-electron chi connectivity index (χ3n) is 4.22. The molecule has 1 aromatic carbocycles. The summed E-state index contributed by atoms with van der Waals surface area (Å²) < 4.78 is 11.0. The highest BCUT2D eigenvalue weighted by atomic mass is 35.5. The van der Waals surface area contributed by atoms with Gasteiger partial charge < -0.3 is 20.5 Å². The molecule has 5 nitrogen and oxygen atoms in total. The topological polar surface area (TPSA) is 75.2 Å². The number of halogens is 1. The standard InChI is InChI=1S/C19H25ClN2O3/c1-4-25-19(23)18-16(11-24-10-9-21)22-13(3)12(2)17(18)14-7-5-6-8-15(14)20/h5-8,17,22H,4,9-11,21H2,1-3H3/p+1. The van der Waals surface area contributed by atoms with Gasteiger partial charge in [0.15, 0.2) is 0 Å². The monoisotopic (exact) mass is 365 g/mol. The molecule has 1 aromatic rings. The maximum Gasteiger partial charge on any atom is 0.336 e. The number of hydrogen-bond acceptors (Lipinski definition) is 4. The van der Waals surface area contributed by atoms with Gasteiger partial charge in [-0.25, -0.2) is 4.79 Å². The highest BCUT2D eigenvalue weighted by Crippen LogP contribution is 2.40. The summed E-state index contributed by atoms with van der Waals surface area (Å²) >= 11 is 6.43. The predicted molar refractivity (Wildman–Crippen MR) is 97.9 cm³/mol. The smallest absolute Gasteiger partial charge is 0.336 e. The fourth-order valence-corrected chi connectivity index (χ4v) is 3.18. The molecule has 136 valence electrons. The maximum absolute atomic E-state index is 12.7. The van der Waals surface area contributed by atoms with Crippen LogP contribution >= 0.6 is 11.6 Å². The van der Waals surface area contributed by atoms with E-state index in [4.69, 9.17) is 21.1 Å². The average Bonchev–Trinajstić information content (AvgIpc) is 2.58. The van der Waals surface area contributed by atoms with Crippen molar-refractivity contribution < 1.29 is 20.0 Å². The van der Waals surface area contributed by atoms with E-state index in [0.717, 1.165) is 22.5 Å². The van der Waals surface area contributed by atoms with E-state index in [0.29, 0.717) is 37.0 Å². The number of rotatable bonds is 7. The Morgan fingerprint density at radius 2 is 2.04 bits per heavy atom. The largest absolute Gasteiger partial charge is 0.463 e. The summed E-state index contributed by atoms with van der Waals surface area (Å²) in [6.45, 7) is 7.60. The Hall–Kier alpha value is -1.82. The SMILES string of the molecule is CCOC(=O)C1=C(COCC[NH3+])NC(C)=C(C)C1c1ccccc1Cl. The summed E-state index contributed by atoms with van der Waals surface area (Å²) in [7, 11) is 0. The van der Waals surface area contributed by atoms with Gasteiger partial charge in [0.2, 0.25) is 0 Å². The zero-order chi connectivity index (χ0) is 18.4. The van der Waals surface area contributed by atoms with Crippen LogP contribution in [0.5, 0.6) is 0 Å². The van der Waals surface area contributed by atoms with Crippen molar-refractivity contribution in [1.82, 2.24) is 5.32 Å². The third kappa shape index (κ3) is 4.42. The van der Waals surface area contributed by atoms with Crippen LogP contribution in [0.3, 0.4) is 0 Å². The molecule has 0 spiro atoms. The van der Waals surface area contributed by atoms with Crippen molar-refractivity contribution in [2.45, 2.75) is 26.7 Å². The van der Waals surface area contributed by atoms with Gasteiger partial charge in [-0.1, -0.05) is 29.8 Å². The highest BCUT2D eigenvalue weighted by Gasteiger charge is 2.34. The summed E-state index contributed by atoms with van der Waals surface area (Å²) in [6.07, 6.45) is 0. The summed E-state index contributed by atoms with van der Waals surface area (Å²) in [4.78, 5) is 12.7. The van der Waals surface area contributed by atoms with Gasteiger partial charge in [0.1, 0.15) is 0 Å². The molecule has 1 aliphatic rings. The molecule has 0 aliphatic carbocycles. The van der Waals surface area contributed by atoms with Gasteiger partial charge in [-0.05, 0) is 38.0 Å². The number of ether oxygens (including phenoxy) is 2. The molecule has 0 saturated heterocycles. The Morgan fingerprint density at radius 3 is 2.68 bits per heavy atom. The van der Waals surface area contributed by atoms with Crippen molar-refractivity contribution in [2.75, 3.05) is 26.4 Å². The molecule has 1 unspecified atom stereocenters. The Kier molecular flexibility index (Phi) is 7.05. The summed E-state index contributed by atoms with van der Waals surface area (Å²) in [6, 6.07) is 7.59. The lowest BCUT2D eigenvalue weighted by Crippen LogP contribution is -2.52. The molecule has 1 heterocycles. The van der Waals surface area contributed by atoms with Crippen LogP contribution in [0.2, 0.25) is 5.02 Å². The second kappa shape index (κ2) is 9.04. The first-order valence-electron chi connectivity index (χ1n) is 8.47. The van der Waals surface area contributed by atoms with Crippen LogP contribution in [0.15, 0.2) is 46.8 Å². The second-order valence-electron chi connectivity index (χ2n) is 5.91. The summed E-state index contributed by atoms with van der Waals surface area (Å²) in [5, 5.41) is 3.93. The van der Waals surface area contributed by atoms with Gasteiger partial charge in [0.05, 0.1) is 37.6 Å². The van der Waals surface area contributed by atoms with Gasteiger partial charge in [0.25, 0.3) is 0 Å². The predicted octanol–water partition coefficient (Wildman–Crippen LogP) is 2.40. The lowest BCUT2D eigenvalue weighted by molar-refractivity contribution is -0.373. The molecular formula is C19H26ClN2O3+. The number of quaternary nitrogens is 1. The van der Waals surface area contributed by atoms with E-state index < -0.39 is 0 Å². The Bertz CT molecular complexity index is 698. The Labute approximate surface area is 153 Å². The van der Waals surface area contributed by atoms with Crippen molar-refractivity contribution in [1.29, 1.82) is 0 Å². The van der Waals surface area contributed by atoms with Gasteiger partial charge in [0, 0.05) is 16.6 Å². The first kappa shape index (κ1) is 19.5. The van der Waals surface area contributed by atoms with Crippen LogP contribution in [0.4, 0.5) is 0 Å². The Morgan fingerprint density at radius 1 is 1.32 bits per heavy atom. The number of esters is 1. The second-order valence-corrected chi connectivity index (χ2v) is 6.31. The van der Waals surface area contributed by atoms with Gasteiger partial charge >= 0.3 is 5.97 Å². The first-order valence-corrected chi connectivity index (χ1v) is 8.85. The van der Waals surface area contributed by atoms with Crippen LogP contribution in [0, 0.1) is 0 Å². The lowest BCUT2D eigenvalue weighted by atomic mass is 9.81. The van der Waals surface area contributed by atoms with Crippen molar-refractivity contribution >= 4 is 17.6 Å². The fourth-order valence-electron chi connectivity index (χ4n) is 2.94. The number of dihydropyridines is 1. The van der Waals surface area contributed by atoms with Crippen LogP contribution in [-0.2, 0) is 14.3 Å². The average molecular weight is 366 g/mol. The lowest BCUT2D eigenvalue weighted by Gasteiger charge is -2.31. The molecular weight excluding hydrogens is 340 g/mol. The number of carbonyl (C=O) groups excluding carboxylic acids is 1. The number of hydrogen-bond donors (Lipinski definition) is 2. The van der Waals surface area contributed by atoms with Crippen molar-refractivity contribution in [3.05, 3.63) is 57.4 Å². The molecule has 0 radical (unpaired) electrons. The van der Waals surface area contributed by atoms with Gasteiger partial charge in [-0.2, -0.15) is 0 Å². The van der Waals surface area contributed by atoms with Gasteiger partial charge in [-0.15, -0.1) is 0 Å². The minimum absolute atomic E-state index is 0.257. The molecule has 2 rings (SSSR count). The minimum Gasteiger partial charge on any atom is -0.463 e. The van der Waals surface area contributed by atoms with E-state index in [1.165, 1.54) is 0 Å². The number of carbonyl (C=O) groups is 1. The van der Waals surface area contributed by atoms with E-state index in [9.17, 15) is 4.79 Å². The summed E-state index contributed by atoms with van der Waals surface area (Å²) in [5.41, 5.74) is 7.97. The van der Waals surface area contributed by atoms with E-state index in [-0.39, 0.29) is 11.9 Å². The van der Waals surface area contributed by atoms with Crippen molar-refractivity contribution in [3.8, 4) is 0 Å². The molecule has 0 saturated carbocycles. The number of benzene rings is 1. The van der Waals surface area contributed by atoms with E-state index in [1.807, 2.05) is 38.1 Å². The molecule has 4 N–H and O–H groups in total. The third-order valence-corrected chi connectivity index (χ3v) is 4.57. The molecule has 6 heteroatoms. The van der Waals surface area contributed by atoms with Crippen LogP contribution < -0.4 is 11.1 Å². The molecule has 1 aliphatic heterocycles. The molecule has 25 heavy (non-hydrogen) atoms. The molecule has 0 aromatic heterocycles. The van der Waals surface area contributed by atoms with Crippen molar-refractivity contribution in [2.24, 2.45) is 0 Å². The van der Waals surface area contributed by atoms with Crippen LogP contribution in [0.25, 0.3) is 0 Å². The number of allylic oxidation sites excluding steroid dienone is 2. The molecule has 1 atom stereocenters. The normalized spacial score (nSPS) is 17.6. The highest BCUT2D eigenvalue weighted by molar-refractivity contribution is 6.31. The Balaban J connectivity index is 2.54. The quantitative estimate of drug-likeness (QED) is 0.574. The van der Waals surface area contributed by atoms with E-state index in [2.05, 4.69) is 11.1 Å². The molecule has 0 amide bonds. The van der Waals surface area contributed by atoms with E-state index >= 15 is 0 Å². The van der Waals surface area contributed by atoms with E-state index in [1.54, 1.807) is 6.92 Å². The zero-order valence-corrected chi connectivity index (χ0v) is 15.8. The number of nitrogens with one attached hydrogen (secondary N) is 1. The maximum atomic E-state index is 12.7. The summed E-state index contributed by atoms with van der Waals surface area (Å²) in [5.74, 6) is -0.604. The zero-order valence-electron chi connectivity index (χ0n) is 15.0. The van der Waals surface area contributed by atoms with Crippen molar-refractivity contribution in [3.63, 3.8) is 0 Å². The fraction of sp³-hybridized carbons (Fsp3) is 0.421. The molecule has 0 bridgehead atoms. The molecule has 0 fully saturated rings. The minimum atomic E-state index is -0.347. The van der Waals surface area contributed by atoms with Crippen LogP contribution in [0.1, 0.15) is 32.3 Å².